The van der Waals surface area contributed by atoms with Crippen molar-refractivity contribution in [2.45, 2.75) is 94.3 Å². The number of hydrogen-bond donors (Lipinski definition) is 1. The first-order valence-electron chi connectivity index (χ1n) is 11.5. The third-order valence-corrected chi connectivity index (χ3v) is 6.71. The molecular weight excluding hydrogens is 384 g/mol. The molecule has 1 aromatic rings. The predicted octanol–water partition coefficient (Wildman–Crippen LogP) is 3.59. The van der Waals surface area contributed by atoms with Crippen molar-refractivity contribution < 1.29 is 28.8 Å². The van der Waals surface area contributed by atoms with Crippen LogP contribution in [0, 0.1) is 0 Å². The molecule has 6 atom stereocenters. The van der Waals surface area contributed by atoms with Crippen LogP contribution >= 0.6 is 0 Å². The first-order valence-corrected chi connectivity index (χ1v) is 11.5. The number of methoxy groups -OCH3 is 1. The van der Waals surface area contributed by atoms with Gasteiger partial charge in [0.1, 0.15) is 6.10 Å². The minimum absolute atomic E-state index is 0.0506. The molecule has 1 N–H and O–H groups in total. The molecule has 6 heteroatoms. The Balaban J connectivity index is 1.46. The Morgan fingerprint density at radius 2 is 1.77 bits per heavy atom. The van der Waals surface area contributed by atoms with E-state index in [0.717, 1.165) is 50.7 Å². The van der Waals surface area contributed by atoms with Crippen LogP contribution in [0.5, 0.6) is 0 Å². The summed E-state index contributed by atoms with van der Waals surface area (Å²) in [5.74, 6) is -1.09. The average Bonchev–Trinajstić information content (AvgIpc) is 3.13. The lowest BCUT2D eigenvalue weighted by Crippen LogP contribution is -2.59. The molecule has 0 radical (unpaired) electrons. The van der Waals surface area contributed by atoms with E-state index in [9.17, 15) is 5.11 Å². The van der Waals surface area contributed by atoms with Crippen molar-refractivity contribution in [2.75, 3.05) is 20.3 Å². The number of rotatable bonds is 6. The summed E-state index contributed by atoms with van der Waals surface area (Å²) < 4.78 is 30.8. The van der Waals surface area contributed by atoms with E-state index in [1.807, 2.05) is 18.2 Å². The normalized spacial score (nSPS) is 37.7. The van der Waals surface area contributed by atoms with E-state index >= 15 is 0 Å². The Bertz CT molecular complexity index is 640. The quantitative estimate of drug-likeness (QED) is 0.759. The molecule has 3 heterocycles. The summed E-state index contributed by atoms with van der Waals surface area (Å²) in [6, 6.07) is 10.2. The van der Waals surface area contributed by atoms with Crippen LogP contribution in [-0.4, -0.2) is 61.7 Å². The van der Waals surface area contributed by atoms with Crippen molar-refractivity contribution in [1.29, 1.82) is 0 Å². The molecule has 3 aliphatic heterocycles. The molecule has 30 heavy (non-hydrogen) atoms. The van der Waals surface area contributed by atoms with Crippen LogP contribution in [-0.2, 0) is 30.3 Å². The molecule has 1 aromatic carbocycles. The van der Waals surface area contributed by atoms with Crippen molar-refractivity contribution in [1.82, 2.24) is 0 Å². The number of hydrogen-bond acceptors (Lipinski definition) is 6. The summed E-state index contributed by atoms with van der Waals surface area (Å²) in [5, 5.41) is 11.0. The number of aliphatic hydroxyl groups excluding tert-OH is 1. The van der Waals surface area contributed by atoms with Crippen molar-refractivity contribution in [2.24, 2.45) is 0 Å². The van der Waals surface area contributed by atoms with Gasteiger partial charge >= 0.3 is 0 Å². The van der Waals surface area contributed by atoms with Crippen LogP contribution in [0.3, 0.4) is 0 Å². The van der Waals surface area contributed by atoms with Crippen LogP contribution in [0.15, 0.2) is 30.3 Å². The molecular formula is C24H36O6. The van der Waals surface area contributed by atoms with E-state index in [-0.39, 0.29) is 24.4 Å². The summed E-state index contributed by atoms with van der Waals surface area (Å²) in [4.78, 5) is 0. The maximum atomic E-state index is 11.0. The Hall–Kier alpha value is -1.02. The summed E-state index contributed by atoms with van der Waals surface area (Å²) in [6.45, 7) is 1.98. The van der Waals surface area contributed by atoms with Crippen molar-refractivity contribution >= 4 is 0 Å². The highest BCUT2D eigenvalue weighted by atomic mass is 16.7. The third kappa shape index (κ3) is 5.23. The number of fused-ring (bicyclic) bond motifs is 1. The molecule has 0 aromatic heterocycles. The topological polar surface area (TPSA) is 66.4 Å². The molecule has 3 aliphatic rings. The lowest BCUT2D eigenvalue weighted by molar-refractivity contribution is -0.343. The third-order valence-electron chi connectivity index (χ3n) is 6.71. The predicted molar refractivity (Wildman–Crippen MR) is 112 cm³/mol. The van der Waals surface area contributed by atoms with Crippen molar-refractivity contribution in [3.8, 4) is 0 Å². The fraction of sp³-hybridized carbons (Fsp3) is 0.750. The zero-order valence-corrected chi connectivity index (χ0v) is 18.0. The maximum absolute atomic E-state index is 11.0. The summed E-state index contributed by atoms with van der Waals surface area (Å²) in [6.07, 6.45) is 5.92. The van der Waals surface area contributed by atoms with E-state index in [0.29, 0.717) is 26.1 Å². The largest absolute Gasteiger partial charge is 0.387 e. The average molecular weight is 421 g/mol. The van der Waals surface area contributed by atoms with Gasteiger partial charge in [-0.25, -0.2) is 0 Å². The van der Waals surface area contributed by atoms with Gasteiger partial charge in [0, 0.05) is 33.2 Å². The molecule has 0 unspecified atom stereocenters. The van der Waals surface area contributed by atoms with Gasteiger partial charge in [-0.2, -0.15) is 0 Å². The van der Waals surface area contributed by atoms with Gasteiger partial charge < -0.3 is 28.8 Å². The van der Waals surface area contributed by atoms with Gasteiger partial charge in [0.15, 0.2) is 5.79 Å². The van der Waals surface area contributed by atoms with E-state index in [2.05, 4.69) is 12.1 Å². The second kappa shape index (κ2) is 10.5. The van der Waals surface area contributed by atoms with E-state index < -0.39 is 11.9 Å². The molecule has 0 spiro atoms. The van der Waals surface area contributed by atoms with E-state index in [1.165, 1.54) is 0 Å². The van der Waals surface area contributed by atoms with Crippen LogP contribution in [0.1, 0.15) is 56.9 Å². The fourth-order valence-corrected chi connectivity index (χ4v) is 4.93. The number of benzene rings is 1. The van der Waals surface area contributed by atoms with Crippen molar-refractivity contribution in [3.05, 3.63) is 35.9 Å². The monoisotopic (exact) mass is 420 g/mol. The number of ether oxygens (including phenoxy) is 5. The lowest BCUT2D eigenvalue weighted by atomic mass is 9.88. The minimum Gasteiger partial charge on any atom is -0.387 e. The molecule has 3 saturated heterocycles. The van der Waals surface area contributed by atoms with Crippen LogP contribution in [0.2, 0.25) is 0 Å². The zero-order chi connectivity index (χ0) is 20.8. The summed E-state index contributed by atoms with van der Waals surface area (Å²) in [7, 11) is 1.62. The molecule has 4 rings (SSSR count). The van der Waals surface area contributed by atoms with Gasteiger partial charge in [0.05, 0.1) is 31.0 Å². The molecule has 0 amide bonds. The second-order valence-electron chi connectivity index (χ2n) is 8.77. The SMILES string of the molecule is CO[C@]1(C[C@@H]2OCCCC[C@H]2OCc2ccccc2)O[C@H]2CCCCO[C@@H]2C[C@H]1O. The highest BCUT2D eigenvalue weighted by Crippen LogP contribution is 2.39. The van der Waals surface area contributed by atoms with Crippen LogP contribution in [0.4, 0.5) is 0 Å². The number of aliphatic hydroxyl groups is 1. The second-order valence-corrected chi connectivity index (χ2v) is 8.77. The zero-order valence-electron chi connectivity index (χ0n) is 18.0. The highest BCUT2D eigenvalue weighted by Gasteiger charge is 2.51. The first-order chi connectivity index (χ1) is 14.7. The minimum atomic E-state index is -1.09. The summed E-state index contributed by atoms with van der Waals surface area (Å²) >= 11 is 0. The molecule has 0 saturated carbocycles. The molecule has 168 valence electrons. The van der Waals surface area contributed by atoms with Crippen molar-refractivity contribution in [3.63, 3.8) is 0 Å². The summed E-state index contributed by atoms with van der Waals surface area (Å²) in [5.41, 5.74) is 1.15. The van der Waals surface area contributed by atoms with Gasteiger partial charge in [-0.3, -0.25) is 0 Å². The Morgan fingerprint density at radius 1 is 1.00 bits per heavy atom. The Kier molecular flexibility index (Phi) is 7.79. The van der Waals surface area contributed by atoms with Gasteiger partial charge in [0.25, 0.3) is 0 Å². The van der Waals surface area contributed by atoms with Gasteiger partial charge in [-0.15, -0.1) is 0 Å². The smallest absolute Gasteiger partial charge is 0.197 e. The molecule has 3 fully saturated rings. The Labute approximate surface area is 179 Å². The fourth-order valence-electron chi connectivity index (χ4n) is 4.93. The van der Waals surface area contributed by atoms with E-state index in [1.54, 1.807) is 7.11 Å². The van der Waals surface area contributed by atoms with Crippen LogP contribution in [0.25, 0.3) is 0 Å². The molecule has 0 aliphatic carbocycles. The standard InChI is InChI=1S/C24H36O6/c1-26-24(23(25)15-21-20(30-24)12-6-8-13-27-21)16-22-19(11-5-7-14-28-22)29-17-18-9-3-2-4-10-18/h2-4,9-10,19-23,25H,5-8,11-17H2,1H3/t19-,20+,21-,22+,23-,24-/m1/s1. The van der Waals surface area contributed by atoms with Crippen LogP contribution < -0.4 is 0 Å². The highest BCUT2D eigenvalue weighted by molar-refractivity contribution is 5.13. The molecule has 0 bridgehead atoms. The first kappa shape index (κ1) is 22.2. The van der Waals surface area contributed by atoms with Gasteiger partial charge in [-0.1, -0.05) is 30.3 Å². The van der Waals surface area contributed by atoms with Gasteiger partial charge in [-0.05, 0) is 44.1 Å². The maximum Gasteiger partial charge on any atom is 0.197 e. The van der Waals surface area contributed by atoms with Gasteiger partial charge in [0.2, 0.25) is 0 Å². The molecule has 6 nitrogen and oxygen atoms in total. The Morgan fingerprint density at radius 3 is 2.57 bits per heavy atom. The van der Waals surface area contributed by atoms with E-state index in [4.69, 9.17) is 23.7 Å². The lowest BCUT2D eigenvalue weighted by Gasteiger charge is -2.48.